The molecular weight excluding hydrogens is 493 g/mol. The van der Waals surface area contributed by atoms with Crippen molar-refractivity contribution in [1.29, 1.82) is 0 Å². The molecule has 0 aromatic rings. The summed E-state index contributed by atoms with van der Waals surface area (Å²) in [5.74, 6) is -0.422. The summed E-state index contributed by atoms with van der Waals surface area (Å²) in [5, 5.41) is 0. The first kappa shape index (κ1) is 36.0. The van der Waals surface area contributed by atoms with Crippen molar-refractivity contribution in [3.8, 4) is 0 Å². The van der Waals surface area contributed by atoms with Gasteiger partial charge in [0.05, 0.1) is 19.8 Å². The first-order valence-electron chi connectivity index (χ1n) is 14.3. The number of nitrogens with two attached hydrogens (primary N) is 1. The molecule has 0 rings (SSSR count). The van der Waals surface area contributed by atoms with E-state index in [-0.39, 0.29) is 32.8 Å². The lowest BCUT2D eigenvalue weighted by Crippen LogP contribution is -2.28. The number of rotatable bonds is 27. The number of phosphoric ester groups is 1. The monoisotopic (exact) mass is 547 g/mol. The Kier molecular flexibility index (Phi) is 25.8. The number of carbonyl (C=O) groups excluding carboxylic acids is 1. The van der Waals surface area contributed by atoms with E-state index in [1.165, 1.54) is 70.6 Å². The third-order valence-electron chi connectivity index (χ3n) is 5.68. The summed E-state index contributed by atoms with van der Waals surface area (Å²) in [5.41, 5.74) is 5.26. The van der Waals surface area contributed by atoms with Crippen LogP contribution >= 0.6 is 7.82 Å². The Labute approximate surface area is 226 Å². The van der Waals surface area contributed by atoms with Gasteiger partial charge in [-0.1, -0.05) is 89.5 Å². The van der Waals surface area contributed by atoms with Gasteiger partial charge in [0.1, 0.15) is 6.10 Å². The Hall–Kier alpha value is -1.02. The van der Waals surface area contributed by atoms with Crippen molar-refractivity contribution in [2.24, 2.45) is 5.73 Å². The van der Waals surface area contributed by atoms with Crippen LogP contribution in [-0.4, -0.2) is 49.9 Å². The van der Waals surface area contributed by atoms with E-state index in [0.29, 0.717) is 6.61 Å². The van der Waals surface area contributed by atoms with E-state index in [4.69, 9.17) is 19.7 Å². The van der Waals surface area contributed by atoms with Gasteiger partial charge >= 0.3 is 13.8 Å². The number of ether oxygens (including phenoxy) is 2. The molecule has 0 radical (unpaired) electrons. The highest BCUT2D eigenvalue weighted by Crippen LogP contribution is 2.43. The number of allylic oxidation sites excluding steroid dienone is 4. The van der Waals surface area contributed by atoms with E-state index < -0.39 is 19.9 Å². The van der Waals surface area contributed by atoms with E-state index in [9.17, 15) is 14.3 Å². The largest absolute Gasteiger partial charge is 0.472 e. The van der Waals surface area contributed by atoms with Crippen LogP contribution in [0.15, 0.2) is 24.3 Å². The molecule has 0 fully saturated rings. The maximum atomic E-state index is 11.8. The maximum absolute atomic E-state index is 11.8. The molecular formula is C28H54NO7P. The van der Waals surface area contributed by atoms with Crippen LogP contribution < -0.4 is 5.73 Å². The van der Waals surface area contributed by atoms with Gasteiger partial charge in [-0.15, -0.1) is 0 Å². The number of phosphoric acid groups is 1. The lowest BCUT2D eigenvalue weighted by Gasteiger charge is -2.19. The van der Waals surface area contributed by atoms with Crippen LogP contribution in [0, 0.1) is 0 Å². The van der Waals surface area contributed by atoms with Crippen molar-refractivity contribution < 1.29 is 32.8 Å². The van der Waals surface area contributed by atoms with Gasteiger partial charge in [-0.25, -0.2) is 4.57 Å². The van der Waals surface area contributed by atoms with E-state index in [1.54, 1.807) is 6.92 Å². The molecule has 0 bridgehead atoms. The highest BCUT2D eigenvalue weighted by molar-refractivity contribution is 7.47. The number of unbranched alkanes of at least 4 members (excludes halogenated alkanes) is 11. The molecule has 0 saturated carbocycles. The third kappa shape index (κ3) is 26.4. The summed E-state index contributed by atoms with van der Waals surface area (Å²) in [7, 11) is -4.23. The van der Waals surface area contributed by atoms with Gasteiger partial charge in [-0.2, -0.15) is 0 Å². The molecule has 0 saturated heterocycles. The SMILES string of the molecule is CCCCC/C=C\C/C=C\CCCCCCCCCCOCC(COP(=O)(O)OCCN)OC(=O)CC. The molecule has 0 heterocycles. The zero-order chi connectivity index (χ0) is 27.5. The molecule has 8 nitrogen and oxygen atoms in total. The summed E-state index contributed by atoms with van der Waals surface area (Å²) < 4.78 is 32.2. The van der Waals surface area contributed by atoms with Gasteiger partial charge in [-0.05, 0) is 38.5 Å². The Balaban J connectivity index is 3.70. The van der Waals surface area contributed by atoms with Gasteiger partial charge < -0.3 is 20.1 Å². The van der Waals surface area contributed by atoms with Crippen LogP contribution in [0.25, 0.3) is 0 Å². The highest BCUT2D eigenvalue weighted by atomic mass is 31.2. The summed E-state index contributed by atoms with van der Waals surface area (Å²) in [4.78, 5) is 21.2. The third-order valence-corrected chi connectivity index (χ3v) is 6.66. The van der Waals surface area contributed by atoms with Crippen molar-refractivity contribution in [3.05, 3.63) is 24.3 Å². The van der Waals surface area contributed by atoms with Gasteiger partial charge in [0.2, 0.25) is 0 Å². The molecule has 0 aromatic carbocycles. The molecule has 218 valence electrons. The summed E-state index contributed by atoms with van der Waals surface area (Å²) in [6.07, 6.45) is 25.5. The topological polar surface area (TPSA) is 117 Å². The number of carbonyl (C=O) groups is 1. The zero-order valence-electron chi connectivity index (χ0n) is 23.5. The summed E-state index contributed by atoms with van der Waals surface area (Å²) >= 11 is 0. The van der Waals surface area contributed by atoms with E-state index >= 15 is 0 Å². The van der Waals surface area contributed by atoms with Crippen LogP contribution in [0.5, 0.6) is 0 Å². The number of hydrogen-bond acceptors (Lipinski definition) is 7. The standard InChI is InChI=1S/C28H54NO7P/c1-3-5-6-7-8-9-10-11-12-13-14-15-16-17-18-19-20-21-23-33-25-27(36-28(30)4-2)26-35-37(31,32)34-24-22-29/h8-9,11-12,27H,3-7,10,13-26,29H2,1-2H3,(H,31,32)/b9-8-,12-11-. The van der Waals surface area contributed by atoms with Gasteiger partial charge in [0, 0.05) is 19.6 Å². The van der Waals surface area contributed by atoms with E-state index in [0.717, 1.165) is 19.3 Å². The molecule has 0 aliphatic heterocycles. The van der Waals surface area contributed by atoms with Crippen LogP contribution in [0.3, 0.4) is 0 Å². The predicted octanol–water partition coefficient (Wildman–Crippen LogP) is 7.01. The minimum Gasteiger partial charge on any atom is -0.457 e. The Morgan fingerprint density at radius 3 is 2.00 bits per heavy atom. The van der Waals surface area contributed by atoms with Crippen molar-refractivity contribution in [3.63, 3.8) is 0 Å². The number of hydrogen-bond donors (Lipinski definition) is 2. The molecule has 3 N–H and O–H groups in total. The second-order valence-corrected chi connectivity index (χ2v) is 10.7. The highest BCUT2D eigenvalue weighted by Gasteiger charge is 2.24. The minimum absolute atomic E-state index is 0.0977. The molecule has 0 aromatic heterocycles. The molecule has 9 heteroatoms. The second-order valence-electron chi connectivity index (χ2n) is 9.22. The predicted molar refractivity (Wildman–Crippen MR) is 150 cm³/mol. The molecule has 37 heavy (non-hydrogen) atoms. The van der Waals surface area contributed by atoms with Gasteiger partial charge in [-0.3, -0.25) is 13.8 Å². The van der Waals surface area contributed by atoms with Gasteiger partial charge in [0.25, 0.3) is 0 Å². The lowest BCUT2D eigenvalue weighted by molar-refractivity contribution is -0.154. The van der Waals surface area contributed by atoms with Crippen molar-refractivity contribution in [2.45, 2.75) is 116 Å². The smallest absolute Gasteiger partial charge is 0.457 e. The molecule has 0 amide bonds. The summed E-state index contributed by atoms with van der Waals surface area (Å²) in [6, 6.07) is 0. The van der Waals surface area contributed by atoms with E-state index in [2.05, 4.69) is 35.8 Å². The lowest BCUT2D eigenvalue weighted by atomic mass is 10.1. The average molecular weight is 548 g/mol. The fourth-order valence-corrected chi connectivity index (χ4v) is 4.29. The fourth-order valence-electron chi connectivity index (χ4n) is 3.53. The Morgan fingerprint density at radius 1 is 0.811 bits per heavy atom. The molecule has 2 atom stereocenters. The van der Waals surface area contributed by atoms with E-state index in [1.807, 2.05) is 0 Å². The quantitative estimate of drug-likeness (QED) is 0.0488. The van der Waals surface area contributed by atoms with Crippen LogP contribution in [0.4, 0.5) is 0 Å². The minimum atomic E-state index is -4.23. The van der Waals surface area contributed by atoms with Crippen LogP contribution in [0.1, 0.15) is 110 Å². The van der Waals surface area contributed by atoms with Crippen LogP contribution in [-0.2, 0) is 27.9 Å². The Bertz CT molecular complexity index is 628. The van der Waals surface area contributed by atoms with Crippen molar-refractivity contribution in [1.82, 2.24) is 0 Å². The second kappa shape index (κ2) is 26.6. The zero-order valence-corrected chi connectivity index (χ0v) is 24.3. The molecule has 0 aliphatic rings. The average Bonchev–Trinajstić information content (AvgIpc) is 2.89. The summed E-state index contributed by atoms with van der Waals surface area (Å²) in [6.45, 7) is 4.28. The Morgan fingerprint density at radius 2 is 1.41 bits per heavy atom. The van der Waals surface area contributed by atoms with Crippen molar-refractivity contribution in [2.75, 3.05) is 33.0 Å². The fraction of sp³-hybridized carbons (Fsp3) is 0.821. The molecule has 2 unspecified atom stereocenters. The number of esters is 1. The maximum Gasteiger partial charge on any atom is 0.472 e. The first-order valence-corrected chi connectivity index (χ1v) is 15.8. The first-order chi connectivity index (χ1) is 17.9. The van der Waals surface area contributed by atoms with Crippen LogP contribution in [0.2, 0.25) is 0 Å². The van der Waals surface area contributed by atoms with Crippen molar-refractivity contribution >= 4 is 13.8 Å². The molecule has 0 aliphatic carbocycles. The normalized spacial score (nSPS) is 14.4. The molecule has 0 spiro atoms. The van der Waals surface area contributed by atoms with Gasteiger partial charge in [0.15, 0.2) is 0 Å².